The van der Waals surface area contributed by atoms with Gasteiger partial charge in [-0.1, -0.05) is 6.92 Å². The van der Waals surface area contributed by atoms with Crippen molar-refractivity contribution < 1.29 is 14.9 Å². The molecule has 1 aliphatic rings. The Morgan fingerprint density at radius 2 is 2.09 bits per heavy atom. The molecule has 0 aliphatic carbocycles. The summed E-state index contributed by atoms with van der Waals surface area (Å²) in [5.41, 5.74) is 0. The molecule has 2 N–H and O–H groups in total. The summed E-state index contributed by atoms with van der Waals surface area (Å²) in [7, 11) is 0. The van der Waals surface area contributed by atoms with E-state index in [2.05, 4.69) is 0 Å². The first-order valence-electron chi connectivity index (χ1n) is 4.16. The summed E-state index contributed by atoms with van der Waals surface area (Å²) in [6, 6.07) is 0. The number of ether oxygens (including phenoxy) is 1. The minimum Gasteiger partial charge on any atom is -0.390 e. The van der Waals surface area contributed by atoms with Gasteiger partial charge in [-0.05, 0) is 19.8 Å². The molecule has 4 atom stereocenters. The summed E-state index contributed by atoms with van der Waals surface area (Å²) in [6.45, 7) is 3.76. The van der Waals surface area contributed by atoms with E-state index >= 15 is 0 Å². The van der Waals surface area contributed by atoms with Gasteiger partial charge in [-0.25, -0.2) is 0 Å². The highest BCUT2D eigenvalue weighted by Crippen LogP contribution is 2.25. The Morgan fingerprint density at radius 1 is 1.45 bits per heavy atom. The number of hydrogen-bond acceptors (Lipinski definition) is 3. The molecule has 1 aliphatic heterocycles. The number of aliphatic hydroxyl groups is 2. The van der Waals surface area contributed by atoms with Gasteiger partial charge < -0.3 is 14.9 Å². The summed E-state index contributed by atoms with van der Waals surface area (Å²) < 4.78 is 5.11. The van der Waals surface area contributed by atoms with Crippen LogP contribution in [0.4, 0.5) is 0 Å². The van der Waals surface area contributed by atoms with E-state index in [0.717, 1.165) is 6.42 Å². The fourth-order valence-electron chi connectivity index (χ4n) is 1.41. The van der Waals surface area contributed by atoms with Gasteiger partial charge in [0.05, 0.1) is 12.2 Å². The molecule has 1 saturated heterocycles. The summed E-state index contributed by atoms with van der Waals surface area (Å²) in [4.78, 5) is 0. The third kappa shape index (κ3) is 1.92. The highest BCUT2D eigenvalue weighted by atomic mass is 16.6. The molecule has 3 heteroatoms. The lowest BCUT2D eigenvalue weighted by molar-refractivity contribution is -0.222. The van der Waals surface area contributed by atoms with E-state index in [0.29, 0.717) is 6.42 Å². The van der Waals surface area contributed by atoms with E-state index in [1.54, 1.807) is 6.92 Å². The van der Waals surface area contributed by atoms with Crippen LogP contribution in [0, 0.1) is 5.92 Å². The zero-order valence-corrected chi connectivity index (χ0v) is 7.03. The smallest absolute Gasteiger partial charge is 0.157 e. The van der Waals surface area contributed by atoms with Crippen LogP contribution in [-0.4, -0.2) is 28.7 Å². The van der Waals surface area contributed by atoms with Crippen molar-refractivity contribution in [3.05, 3.63) is 0 Å². The average Bonchev–Trinajstić information content (AvgIpc) is 1.97. The van der Waals surface area contributed by atoms with Crippen molar-refractivity contribution in [2.24, 2.45) is 5.92 Å². The second kappa shape index (κ2) is 3.52. The van der Waals surface area contributed by atoms with Crippen molar-refractivity contribution in [2.75, 3.05) is 0 Å². The molecule has 0 aromatic carbocycles. The van der Waals surface area contributed by atoms with Crippen molar-refractivity contribution in [1.29, 1.82) is 0 Å². The third-order valence-corrected chi connectivity index (χ3v) is 2.37. The maximum absolute atomic E-state index is 9.36. The monoisotopic (exact) mass is 160 g/mol. The SMILES string of the molecule is CCC1CC(O)[C@H](C)OC1O. The van der Waals surface area contributed by atoms with Crippen molar-refractivity contribution in [1.82, 2.24) is 0 Å². The van der Waals surface area contributed by atoms with Crippen LogP contribution in [0.5, 0.6) is 0 Å². The Hall–Kier alpha value is -0.120. The van der Waals surface area contributed by atoms with Crippen molar-refractivity contribution in [2.45, 2.75) is 45.2 Å². The maximum Gasteiger partial charge on any atom is 0.157 e. The fraction of sp³-hybridized carbons (Fsp3) is 1.00. The van der Waals surface area contributed by atoms with Crippen LogP contribution >= 0.6 is 0 Å². The molecule has 0 spiro atoms. The minimum absolute atomic E-state index is 0.0983. The standard InChI is InChI=1S/C8H16O3/c1-3-6-4-7(9)5(2)11-8(6)10/h5-10H,3-4H2,1-2H3/t5-,6?,7?,8?/m0/s1. The number of hydrogen-bond donors (Lipinski definition) is 2. The van der Waals surface area contributed by atoms with E-state index in [4.69, 9.17) is 4.74 Å². The van der Waals surface area contributed by atoms with Crippen LogP contribution in [0.25, 0.3) is 0 Å². The zero-order chi connectivity index (χ0) is 8.43. The lowest BCUT2D eigenvalue weighted by atomic mass is 9.93. The van der Waals surface area contributed by atoms with E-state index in [9.17, 15) is 10.2 Å². The molecule has 1 heterocycles. The average molecular weight is 160 g/mol. The van der Waals surface area contributed by atoms with Crippen LogP contribution in [0.15, 0.2) is 0 Å². The van der Waals surface area contributed by atoms with Gasteiger partial charge >= 0.3 is 0 Å². The Kier molecular flexibility index (Phi) is 2.87. The van der Waals surface area contributed by atoms with Gasteiger partial charge in [0.15, 0.2) is 6.29 Å². The lowest BCUT2D eigenvalue weighted by Gasteiger charge is -2.34. The van der Waals surface area contributed by atoms with Gasteiger partial charge in [-0.15, -0.1) is 0 Å². The van der Waals surface area contributed by atoms with Crippen molar-refractivity contribution in [3.8, 4) is 0 Å². The molecule has 3 nitrogen and oxygen atoms in total. The summed E-state index contributed by atoms with van der Waals surface area (Å²) >= 11 is 0. The first kappa shape index (κ1) is 8.97. The molecular formula is C8H16O3. The Bertz CT molecular complexity index is 127. The number of aliphatic hydroxyl groups excluding tert-OH is 2. The first-order chi connectivity index (χ1) is 5.15. The summed E-state index contributed by atoms with van der Waals surface area (Å²) in [5.74, 6) is 0.0983. The normalized spacial score (nSPS) is 45.8. The summed E-state index contributed by atoms with van der Waals surface area (Å²) in [6.07, 6.45) is 0.179. The molecule has 1 fully saturated rings. The molecule has 0 bridgehead atoms. The van der Waals surface area contributed by atoms with Gasteiger partial charge in [0.25, 0.3) is 0 Å². The second-order valence-electron chi connectivity index (χ2n) is 3.20. The molecule has 0 radical (unpaired) electrons. The number of rotatable bonds is 1. The minimum atomic E-state index is -0.682. The molecule has 0 amide bonds. The molecular weight excluding hydrogens is 144 g/mol. The van der Waals surface area contributed by atoms with E-state index in [1.165, 1.54) is 0 Å². The van der Waals surface area contributed by atoms with Crippen LogP contribution in [0.3, 0.4) is 0 Å². The third-order valence-electron chi connectivity index (χ3n) is 2.37. The van der Waals surface area contributed by atoms with Crippen LogP contribution in [0.2, 0.25) is 0 Å². The lowest BCUT2D eigenvalue weighted by Crippen LogP contribution is -2.42. The molecule has 3 unspecified atom stereocenters. The zero-order valence-electron chi connectivity index (χ0n) is 7.03. The predicted octanol–water partition coefficient (Wildman–Crippen LogP) is 0.501. The molecule has 11 heavy (non-hydrogen) atoms. The van der Waals surface area contributed by atoms with E-state index in [-0.39, 0.29) is 12.0 Å². The quantitative estimate of drug-likeness (QED) is 0.587. The molecule has 0 aromatic rings. The van der Waals surface area contributed by atoms with E-state index < -0.39 is 12.4 Å². The topological polar surface area (TPSA) is 49.7 Å². The predicted molar refractivity (Wildman–Crippen MR) is 41.0 cm³/mol. The van der Waals surface area contributed by atoms with Gasteiger partial charge in [0.1, 0.15) is 0 Å². The van der Waals surface area contributed by atoms with Gasteiger partial charge in [-0.3, -0.25) is 0 Å². The second-order valence-corrected chi connectivity index (χ2v) is 3.20. The summed E-state index contributed by atoms with van der Waals surface area (Å²) in [5, 5.41) is 18.7. The van der Waals surface area contributed by atoms with Crippen LogP contribution in [-0.2, 0) is 4.74 Å². The highest BCUT2D eigenvalue weighted by molar-refractivity contribution is 4.76. The van der Waals surface area contributed by atoms with Crippen molar-refractivity contribution >= 4 is 0 Å². The van der Waals surface area contributed by atoms with Gasteiger partial charge in [0, 0.05) is 5.92 Å². The Morgan fingerprint density at radius 3 is 2.64 bits per heavy atom. The highest BCUT2D eigenvalue weighted by Gasteiger charge is 2.32. The maximum atomic E-state index is 9.36. The largest absolute Gasteiger partial charge is 0.390 e. The molecule has 0 aromatic heterocycles. The fourth-order valence-corrected chi connectivity index (χ4v) is 1.41. The van der Waals surface area contributed by atoms with Crippen LogP contribution in [0.1, 0.15) is 26.7 Å². The van der Waals surface area contributed by atoms with Crippen LogP contribution < -0.4 is 0 Å². The Balaban J connectivity index is 2.48. The van der Waals surface area contributed by atoms with Gasteiger partial charge in [-0.2, -0.15) is 0 Å². The molecule has 0 saturated carbocycles. The van der Waals surface area contributed by atoms with Crippen molar-refractivity contribution in [3.63, 3.8) is 0 Å². The van der Waals surface area contributed by atoms with Gasteiger partial charge in [0.2, 0.25) is 0 Å². The van der Waals surface area contributed by atoms with E-state index in [1.807, 2.05) is 6.92 Å². The molecule has 1 rings (SSSR count). The Labute approximate surface area is 67.0 Å². The molecule has 66 valence electrons. The first-order valence-corrected chi connectivity index (χ1v) is 4.16.